The number of aromatic nitrogens is 1. The minimum absolute atomic E-state index is 0.328. The Morgan fingerprint density at radius 1 is 1.12 bits per heavy atom. The van der Waals surface area contributed by atoms with Crippen molar-refractivity contribution >= 4 is 11.8 Å². The molecule has 24 heavy (non-hydrogen) atoms. The van der Waals surface area contributed by atoms with Crippen LogP contribution in [0.5, 0.6) is 11.5 Å². The zero-order valence-electron chi connectivity index (χ0n) is 13.5. The molecule has 1 aromatic heterocycles. The van der Waals surface area contributed by atoms with Gasteiger partial charge in [-0.3, -0.25) is 9.88 Å². The summed E-state index contributed by atoms with van der Waals surface area (Å²) in [6.45, 7) is 2.34. The van der Waals surface area contributed by atoms with E-state index in [4.69, 9.17) is 4.74 Å². The predicted molar refractivity (Wildman–Crippen MR) is 95.3 cm³/mol. The Morgan fingerprint density at radius 3 is 2.54 bits per heavy atom. The lowest BCUT2D eigenvalue weighted by Gasteiger charge is -2.19. The topological polar surface area (TPSA) is 45.6 Å². The molecule has 2 fully saturated rings. The number of ether oxygens (including phenoxy) is 1. The van der Waals surface area contributed by atoms with E-state index >= 15 is 0 Å². The fraction of sp³-hybridized carbons (Fsp3) is 0.421. The third-order valence-electron chi connectivity index (χ3n) is 4.97. The van der Waals surface area contributed by atoms with Gasteiger partial charge in [-0.2, -0.15) is 0 Å². The van der Waals surface area contributed by atoms with Gasteiger partial charge in [0, 0.05) is 30.1 Å². The summed E-state index contributed by atoms with van der Waals surface area (Å²) < 4.78 is 6.08. The number of pyridine rings is 1. The third-order valence-corrected chi connectivity index (χ3v) is 6.07. The average Bonchev–Trinajstić information content (AvgIpc) is 3.13. The SMILES string of the molecule is Oc1ccc(SCN2C[C@H]3CC(Oc4cccnc4)C[C@H]3C2)cc1. The molecular weight excluding hydrogens is 320 g/mol. The molecule has 0 spiro atoms. The molecule has 1 N–H and O–H groups in total. The molecule has 0 amide bonds. The van der Waals surface area contributed by atoms with Crippen molar-refractivity contribution in [1.29, 1.82) is 0 Å². The Balaban J connectivity index is 1.25. The van der Waals surface area contributed by atoms with Gasteiger partial charge in [-0.25, -0.2) is 0 Å². The van der Waals surface area contributed by atoms with Crippen molar-refractivity contribution < 1.29 is 9.84 Å². The zero-order chi connectivity index (χ0) is 16.4. The number of hydrogen-bond donors (Lipinski definition) is 1. The molecule has 3 atom stereocenters. The van der Waals surface area contributed by atoms with E-state index in [1.54, 1.807) is 24.5 Å². The zero-order valence-corrected chi connectivity index (χ0v) is 14.4. The van der Waals surface area contributed by atoms with E-state index in [1.165, 1.54) is 18.0 Å². The van der Waals surface area contributed by atoms with Gasteiger partial charge < -0.3 is 9.84 Å². The Bertz CT molecular complexity index is 651. The van der Waals surface area contributed by atoms with Gasteiger partial charge in [-0.15, -0.1) is 11.8 Å². The maximum Gasteiger partial charge on any atom is 0.137 e. The van der Waals surface area contributed by atoms with Crippen LogP contribution in [0.25, 0.3) is 0 Å². The summed E-state index contributed by atoms with van der Waals surface area (Å²) in [5, 5.41) is 9.34. The monoisotopic (exact) mass is 342 g/mol. The average molecular weight is 342 g/mol. The van der Waals surface area contributed by atoms with Gasteiger partial charge in [0.25, 0.3) is 0 Å². The highest BCUT2D eigenvalue weighted by Crippen LogP contribution is 2.40. The normalized spacial score (nSPS) is 26.4. The molecule has 126 valence electrons. The van der Waals surface area contributed by atoms with Crippen LogP contribution >= 0.6 is 11.8 Å². The van der Waals surface area contributed by atoms with Crippen molar-refractivity contribution in [3.8, 4) is 11.5 Å². The standard InChI is InChI=1S/C19H22N2O2S/c22-16-3-5-19(6-4-16)24-13-21-11-14-8-18(9-15(14)12-21)23-17-2-1-7-20-10-17/h1-7,10,14-15,18,22H,8-9,11-13H2/t14-,15+,18?. The lowest BCUT2D eigenvalue weighted by atomic mass is 10.0. The number of fused-ring (bicyclic) bond motifs is 1. The summed E-state index contributed by atoms with van der Waals surface area (Å²) in [5.74, 6) is 3.75. The summed E-state index contributed by atoms with van der Waals surface area (Å²) in [5.41, 5.74) is 0. The highest BCUT2D eigenvalue weighted by Gasteiger charge is 2.41. The molecule has 5 heteroatoms. The summed E-state index contributed by atoms with van der Waals surface area (Å²) in [6, 6.07) is 11.4. The minimum atomic E-state index is 0.328. The van der Waals surface area contributed by atoms with Crippen molar-refractivity contribution in [2.45, 2.75) is 23.8 Å². The maximum atomic E-state index is 9.34. The molecule has 2 aromatic rings. The van der Waals surface area contributed by atoms with E-state index in [0.717, 1.165) is 36.3 Å². The number of likely N-dealkylation sites (tertiary alicyclic amines) is 1. The molecule has 1 aliphatic heterocycles. The maximum absolute atomic E-state index is 9.34. The van der Waals surface area contributed by atoms with E-state index < -0.39 is 0 Å². The van der Waals surface area contributed by atoms with Gasteiger partial charge >= 0.3 is 0 Å². The van der Waals surface area contributed by atoms with Crippen LogP contribution in [0.3, 0.4) is 0 Å². The first kappa shape index (κ1) is 15.8. The van der Waals surface area contributed by atoms with Crippen LogP contribution < -0.4 is 4.74 Å². The van der Waals surface area contributed by atoms with Crippen molar-refractivity contribution in [1.82, 2.24) is 9.88 Å². The van der Waals surface area contributed by atoms with Crippen LogP contribution in [-0.2, 0) is 0 Å². The predicted octanol–water partition coefficient (Wildman–Crippen LogP) is 3.63. The van der Waals surface area contributed by atoms with Crippen LogP contribution in [0.15, 0.2) is 53.7 Å². The highest BCUT2D eigenvalue weighted by atomic mass is 32.2. The number of thioether (sulfide) groups is 1. The fourth-order valence-corrected chi connectivity index (χ4v) is 4.73. The smallest absolute Gasteiger partial charge is 0.137 e. The number of aromatic hydroxyl groups is 1. The molecule has 2 aliphatic rings. The molecule has 4 rings (SSSR count). The Labute approximate surface area is 146 Å². The molecule has 1 saturated carbocycles. The number of benzene rings is 1. The number of nitrogens with zero attached hydrogens (tertiary/aromatic N) is 2. The summed E-state index contributed by atoms with van der Waals surface area (Å²) in [7, 11) is 0. The van der Waals surface area contributed by atoms with E-state index in [1.807, 2.05) is 36.0 Å². The Morgan fingerprint density at radius 2 is 1.88 bits per heavy atom. The van der Waals surface area contributed by atoms with Crippen LogP contribution in [-0.4, -0.2) is 40.1 Å². The van der Waals surface area contributed by atoms with E-state index in [0.29, 0.717) is 11.9 Å². The van der Waals surface area contributed by atoms with Gasteiger partial charge in [0.2, 0.25) is 0 Å². The van der Waals surface area contributed by atoms with Gasteiger partial charge in [0.15, 0.2) is 0 Å². The fourth-order valence-electron chi connectivity index (χ4n) is 3.86. The quantitative estimate of drug-likeness (QED) is 0.841. The molecule has 2 heterocycles. The number of phenolic OH excluding ortho intramolecular Hbond substituents is 1. The van der Waals surface area contributed by atoms with E-state index in [9.17, 15) is 5.11 Å². The number of rotatable bonds is 5. The lowest BCUT2D eigenvalue weighted by molar-refractivity contribution is 0.189. The first-order valence-electron chi connectivity index (χ1n) is 8.47. The Kier molecular flexibility index (Phi) is 4.63. The summed E-state index contributed by atoms with van der Waals surface area (Å²) >= 11 is 1.84. The number of phenols is 1. The molecule has 0 radical (unpaired) electrons. The Hall–Kier alpha value is -1.72. The number of hydrogen-bond acceptors (Lipinski definition) is 5. The van der Waals surface area contributed by atoms with Gasteiger partial charge in [0.05, 0.1) is 12.3 Å². The first-order valence-corrected chi connectivity index (χ1v) is 9.46. The van der Waals surface area contributed by atoms with E-state index in [2.05, 4.69) is 9.88 Å². The van der Waals surface area contributed by atoms with Crippen LogP contribution in [0.2, 0.25) is 0 Å². The molecule has 1 saturated heterocycles. The molecular formula is C19H22N2O2S. The first-order chi connectivity index (χ1) is 11.8. The second-order valence-electron chi connectivity index (χ2n) is 6.72. The van der Waals surface area contributed by atoms with Crippen molar-refractivity contribution in [3.05, 3.63) is 48.8 Å². The lowest BCUT2D eigenvalue weighted by Crippen LogP contribution is -2.24. The summed E-state index contributed by atoms with van der Waals surface area (Å²) in [4.78, 5) is 7.88. The second-order valence-corrected chi connectivity index (χ2v) is 7.74. The van der Waals surface area contributed by atoms with Crippen molar-refractivity contribution in [3.63, 3.8) is 0 Å². The van der Waals surface area contributed by atoms with Gasteiger partial charge in [0.1, 0.15) is 11.5 Å². The minimum Gasteiger partial charge on any atom is -0.508 e. The van der Waals surface area contributed by atoms with E-state index in [-0.39, 0.29) is 0 Å². The molecule has 1 aliphatic carbocycles. The molecule has 1 aromatic carbocycles. The van der Waals surface area contributed by atoms with Crippen LogP contribution in [0, 0.1) is 11.8 Å². The van der Waals surface area contributed by atoms with Crippen LogP contribution in [0.1, 0.15) is 12.8 Å². The molecule has 0 bridgehead atoms. The van der Waals surface area contributed by atoms with Crippen molar-refractivity contribution in [2.24, 2.45) is 11.8 Å². The van der Waals surface area contributed by atoms with Gasteiger partial charge in [-0.1, -0.05) is 0 Å². The molecule has 4 nitrogen and oxygen atoms in total. The second kappa shape index (κ2) is 7.03. The highest BCUT2D eigenvalue weighted by molar-refractivity contribution is 7.99. The summed E-state index contributed by atoms with van der Waals surface area (Å²) in [6.07, 6.45) is 6.23. The van der Waals surface area contributed by atoms with Crippen LogP contribution in [0.4, 0.5) is 0 Å². The van der Waals surface area contributed by atoms with Crippen molar-refractivity contribution in [2.75, 3.05) is 19.0 Å². The van der Waals surface area contributed by atoms with Gasteiger partial charge in [-0.05, 0) is 61.1 Å². The molecule has 1 unspecified atom stereocenters. The largest absolute Gasteiger partial charge is 0.508 e. The third kappa shape index (κ3) is 3.68.